The van der Waals surface area contributed by atoms with Crippen LogP contribution in [0.15, 0.2) is 59.4 Å². The van der Waals surface area contributed by atoms with Crippen LogP contribution < -0.4 is 15.6 Å². The molecule has 0 bridgehead atoms. The van der Waals surface area contributed by atoms with Crippen molar-refractivity contribution in [1.82, 2.24) is 15.3 Å². The first-order valence-corrected chi connectivity index (χ1v) is 8.30. The lowest BCUT2D eigenvalue weighted by molar-refractivity contribution is 0.0945. The normalized spacial score (nSPS) is 10.4. The molecule has 2 aromatic carbocycles. The molecule has 0 unspecified atom stereocenters. The Morgan fingerprint density at radius 2 is 1.93 bits per heavy atom. The first-order chi connectivity index (χ1) is 13.0. The third-order valence-electron chi connectivity index (χ3n) is 3.95. The average Bonchev–Trinajstić information content (AvgIpc) is 2.67. The molecule has 0 saturated carbocycles. The summed E-state index contributed by atoms with van der Waals surface area (Å²) in [6, 6.07) is 14.6. The van der Waals surface area contributed by atoms with Gasteiger partial charge in [-0.3, -0.25) is 9.59 Å². The van der Waals surface area contributed by atoms with E-state index in [9.17, 15) is 14.0 Å². The molecule has 0 aliphatic heterocycles. The van der Waals surface area contributed by atoms with Crippen LogP contribution in [-0.2, 0) is 13.0 Å². The third kappa shape index (κ3) is 4.78. The molecule has 3 aromatic rings. The fourth-order valence-electron chi connectivity index (χ4n) is 2.55. The number of amides is 1. The van der Waals surface area contributed by atoms with Gasteiger partial charge in [0.25, 0.3) is 11.5 Å². The van der Waals surface area contributed by atoms with E-state index in [0.29, 0.717) is 17.8 Å². The predicted molar refractivity (Wildman–Crippen MR) is 98.2 cm³/mol. The van der Waals surface area contributed by atoms with Crippen molar-refractivity contribution in [3.05, 3.63) is 93.4 Å². The Balaban J connectivity index is 1.73. The molecular formula is C20H18FN3O3. The fourth-order valence-corrected chi connectivity index (χ4v) is 2.55. The molecule has 0 aliphatic rings. The maximum atomic E-state index is 13.6. The van der Waals surface area contributed by atoms with Crippen LogP contribution in [0.25, 0.3) is 0 Å². The van der Waals surface area contributed by atoms with Crippen LogP contribution in [0.4, 0.5) is 4.39 Å². The van der Waals surface area contributed by atoms with Crippen molar-refractivity contribution in [2.75, 3.05) is 7.11 Å². The standard InChI is InChI=1S/C20H18FN3O3/c1-27-15-8-6-13(7-9-15)10-18-23-17(11-19(25)24-18)20(26)22-12-14-4-2-3-5-16(14)21/h2-9,11H,10,12H2,1H3,(H,22,26)(H,23,24,25). The number of hydrogen-bond donors (Lipinski definition) is 2. The second kappa shape index (κ2) is 8.27. The van der Waals surface area contributed by atoms with Crippen molar-refractivity contribution in [2.45, 2.75) is 13.0 Å². The van der Waals surface area contributed by atoms with E-state index in [4.69, 9.17) is 4.74 Å². The highest BCUT2D eigenvalue weighted by Crippen LogP contribution is 2.13. The van der Waals surface area contributed by atoms with Gasteiger partial charge >= 0.3 is 0 Å². The number of carbonyl (C=O) groups is 1. The molecule has 27 heavy (non-hydrogen) atoms. The number of nitrogens with zero attached hydrogens (tertiary/aromatic N) is 1. The summed E-state index contributed by atoms with van der Waals surface area (Å²) in [7, 11) is 1.58. The zero-order valence-electron chi connectivity index (χ0n) is 14.7. The number of methoxy groups -OCH3 is 1. The Morgan fingerprint density at radius 1 is 1.19 bits per heavy atom. The van der Waals surface area contributed by atoms with Crippen molar-refractivity contribution < 1.29 is 13.9 Å². The number of nitrogens with one attached hydrogen (secondary N) is 2. The minimum Gasteiger partial charge on any atom is -0.497 e. The molecule has 1 aromatic heterocycles. The highest BCUT2D eigenvalue weighted by Gasteiger charge is 2.11. The molecule has 6 nitrogen and oxygen atoms in total. The van der Waals surface area contributed by atoms with Crippen LogP contribution in [0.2, 0.25) is 0 Å². The first kappa shape index (κ1) is 18.3. The molecule has 0 spiro atoms. The van der Waals surface area contributed by atoms with Crippen molar-refractivity contribution >= 4 is 5.91 Å². The van der Waals surface area contributed by atoms with Gasteiger partial charge in [0, 0.05) is 24.6 Å². The number of aromatic nitrogens is 2. The second-order valence-corrected chi connectivity index (χ2v) is 5.88. The molecule has 2 N–H and O–H groups in total. The van der Waals surface area contributed by atoms with E-state index in [1.54, 1.807) is 37.4 Å². The fraction of sp³-hybridized carbons (Fsp3) is 0.150. The van der Waals surface area contributed by atoms with Crippen LogP contribution in [0.5, 0.6) is 5.75 Å². The van der Waals surface area contributed by atoms with E-state index in [0.717, 1.165) is 17.4 Å². The summed E-state index contributed by atoms with van der Waals surface area (Å²) in [5, 5.41) is 2.58. The molecule has 1 heterocycles. The molecule has 138 valence electrons. The Bertz CT molecular complexity index is 1000. The highest BCUT2D eigenvalue weighted by molar-refractivity contribution is 5.92. The van der Waals surface area contributed by atoms with Gasteiger partial charge in [0.05, 0.1) is 7.11 Å². The van der Waals surface area contributed by atoms with Crippen molar-refractivity contribution in [1.29, 1.82) is 0 Å². The van der Waals surface area contributed by atoms with Crippen LogP contribution in [0.1, 0.15) is 27.4 Å². The van der Waals surface area contributed by atoms with Crippen LogP contribution in [0.3, 0.4) is 0 Å². The summed E-state index contributed by atoms with van der Waals surface area (Å²) in [6.45, 7) is 0.00774. The molecule has 0 saturated heterocycles. The number of rotatable bonds is 6. The maximum Gasteiger partial charge on any atom is 0.270 e. The minimum absolute atomic E-state index is 0.00774. The molecule has 3 rings (SSSR count). The summed E-state index contributed by atoms with van der Waals surface area (Å²) >= 11 is 0. The Labute approximate surface area is 155 Å². The van der Waals surface area contributed by atoms with Gasteiger partial charge in [0.1, 0.15) is 23.1 Å². The lowest BCUT2D eigenvalue weighted by atomic mass is 10.1. The van der Waals surface area contributed by atoms with Gasteiger partial charge < -0.3 is 15.0 Å². The maximum absolute atomic E-state index is 13.6. The molecule has 0 atom stereocenters. The number of aromatic amines is 1. The second-order valence-electron chi connectivity index (χ2n) is 5.88. The van der Waals surface area contributed by atoms with Crippen molar-refractivity contribution in [2.24, 2.45) is 0 Å². The Morgan fingerprint density at radius 3 is 2.63 bits per heavy atom. The van der Waals surface area contributed by atoms with Gasteiger partial charge in [0.2, 0.25) is 0 Å². The molecule has 1 amide bonds. The van der Waals surface area contributed by atoms with E-state index in [2.05, 4.69) is 15.3 Å². The number of carbonyl (C=O) groups excluding carboxylic acids is 1. The monoisotopic (exact) mass is 367 g/mol. The topological polar surface area (TPSA) is 84.1 Å². The van der Waals surface area contributed by atoms with E-state index < -0.39 is 17.3 Å². The Hall–Kier alpha value is -3.48. The van der Waals surface area contributed by atoms with Gasteiger partial charge in [-0.2, -0.15) is 0 Å². The number of ether oxygens (including phenoxy) is 1. The zero-order chi connectivity index (χ0) is 19.2. The number of benzene rings is 2. The van der Waals surface area contributed by atoms with Gasteiger partial charge in [0.15, 0.2) is 0 Å². The van der Waals surface area contributed by atoms with Gasteiger partial charge in [-0.05, 0) is 23.8 Å². The highest BCUT2D eigenvalue weighted by atomic mass is 19.1. The summed E-state index contributed by atoms with van der Waals surface area (Å²) in [5.74, 6) is 0.141. The Kier molecular flexibility index (Phi) is 5.61. The van der Waals surface area contributed by atoms with E-state index in [1.165, 1.54) is 6.07 Å². The largest absolute Gasteiger partial charge is 0.497 e. The molecular weight excluding hydrogens is 349 g/mol. The molecule has 0 aliphatic carbocycles. The van der Waals surface area contributed by atoms with Crippen LogP contribution in [-0.4, -0.2) is 23.0 Å². The summed E-state index contributed by atoms with van der Waals surface area (Å²) < 4.78 is 18.7. The van der Waals surface area contributed by atoms with Crippen LogP contribution >= 0.6 is 0 Å². The van der Waals surface area contributed by atoms with E-state index in [-0.39, 0.29) is 12.2 Å². The SMILES string of the molecule is COc1ccc(Cc2nc(C(=O)NCc3ccccc3F)cc(=O)[nH]2)cc1. The summed E-state index contributed by atoms with van der Waals surface area (Å²) in [6.07, 6.45) is 0.355. The smallest absolute Gasteiger partial charge is 0.270 e. The van der Waals surface area contributed by atoms with Gasteiger partial charge in [-0.25, -0.2) is 9.37 Å². The molecule has 0 radical (unpaired) electrons. The quantitative estimate of drug-likeness (QED) is 0.701. The molecule has 7 heteroatoms. The van der Waals surface area contributed by atoms with Crippen molar-refractivity contribution in [3.63, 3.8) is 0 Å². The van der Waals surface area contributed by atoms with E-state index in [1.807, 2.05) is 12.1 Å². The zero-order valence-corrected chi connectivity index (χ0v) is 14.7. The minimum atomic E-state index is -0.541. The lowest BCUT2D eigenvalue weighted by Gasteiger charge is -2.07. The third-order valence-corrected chi connectivity index (χ3v) is 3.95. The summed E-state index contributed by atoms with van der Waals surface area (Å²) in [5.41, 5.74) is 0.820. The lowest BCUT2D eigenvalue weighted by Crippen LogP contribution is -2.27. The number of hydrogen-bond acceptors (Lipinski definition) is 4. The average molecular weight is 367 g/mol. The van der Waals surface area contributed by atoms with Crippen molar-refractivity contribution in [3.8, 4) is 5.75 Å². The van der Waals surface area contributed by atoms with E-state index >= 15 is 0 Å². The summed E-state index contributed by atoms with van der Waals surface area (Å²) in [4.78, 5) is 31.0. The van der Waals surface area contributed by atoms with Crippen LogP contribution in [0, 0.1) is 5.82 Å². The first-order valence-electron chi connectivity index (χ1n) is 8.30. The number of H-pyrrole nitrogens is 1. The van der Waals surface area contributed by atoms with Gasteiger partial charge in [-0.15, -0.1) is 0 Å². The number of halogens is 1. The van der Waals surface area contributed by atoms with Gasteiger partial charge in [-0.1, -0.05) is 30.3 Å². The molecule has 0 fully saturated rings. The predicted octanol–water partition coefficient (Wildman–Crippen LogP) is 2.44.